The highest BCUT2D eigenvalue weighted by Gasteiger charge is 2.30. The second-order valence-electron chi connectivity index (χ2n) is 5.39. The fraction of sp³-hybridized carbons (Fsp3) is 0.714. The van der Waals surface area contributed by atoms with E-state index in [1.54, 1.807) is 0 Å². The summed E-state index contributed by atoms with van der Waals surface area (Å²) in [5, 5.41) is 11.0. The molecular weight excluding hydrogens is 320 g/mol. The van der Waals surface area contributed by atoms with Gasteiger partial charge in [-0.2, -0.15) is 0 Å². The van der Waals surface area contributed by atoms with Crippen molar-refractivity contribution in [3.8, 4) is 0 Å². The second kappa shape index (κ2) is 10.2. The highest BCUT2D eigenvalue weighted by molar-refractivity contribution is 7.08. The minimum atomic E-state index is -0.250. The van der Waals surface area contributed by atoms with E-state index in [2.05, 4.69) is 21.4 Å². The average molecular weight is 344 g/mol. The molecule has 2 rings (SSSR count). The van der Waals surface area contributed by atoms with Crippen LogP contribution in [0.4, 0.5) is 0 Å². The van der Waals surface area contributed by atoms with Gasteiger partial charge in [-0.05, 0) is 32.0 Å². The maximum atomic E-state index is 12.7. The summed E-state index contributed by atoms with van der Waals surface area (Å²) in [5.74, 6) is 0.0543. The fourth-order valence-corrected chi connectivity index (χ4v) is 3.06. The maximum Gasteiger partial charge on any atom is 0.290 e. The van der Waals surface area contributed by atoms with Crippen LogP contribution in [0, 0.1) is 0 Å². The molecule has 1 N–H and O–H groups in total. The Bertz CT molecular complexity index is 495. The molecule has 1 aliphatic heterocycles. The second-order valence-corrected chi connectivity index (χ2v) is 6.15. The third-order valence-corrected chi connectivity index (χ3v) is 4.06. The topological polar surface area (TPSA) is 95.9 Å². The normalized spacial score (nSPS) is 17.6. The molecule has 0 aliphatic carbocycles. The van der Waals surface area contributed by atoms with Gasteiger partial charge in [0.2, 0.25) is 0 Å². The van der Waals surface area contributed by atoms with Crippen LogP contribution in [0.25, 0.3) is 0 Å². The van der Waals surface area contributed by atoms with Gasteiger partial charge in [-0.15, -0.1) is 5.10 Å². The molecule has 0 aromatic carbocycles. The molecule has 1 fully saturated rings. The van der Waals surface area contributed by atoms with Crippen molar-refractivity contribution in [1.82, 2.24) is 19.4 Å². The summed E-state index contributed by atoms with van der Waals surface area (Å²) in [5.41, 5.74) is 0.831. The van der Waals surface area contributed by atoms with E-state index in [4.69, 9.17) is 14.6 Å². The number of morpholine rings is 1. The van der Waals surface area contributed by atoms with E-state index in [0.717, 1.165) is 25.1 Å². The largest absolute Gasteiger partial charge is 0.483 e. The quantitative estimate of drug-likeness (QED) is 0.781. The molecule has 1 atom stereocenters. The van der Waals surface area contributed by atoms with Crippen LogP contribution in [0.15, 0.2) is 0 Å². The van der Waals surface area contributed by atoms with Gasteiger partial charge in [0, 0.05) is 13.1 Å². The van der Waals surface area contributed by atoms with E-state index < -0.39 is 0 Å². The van der Waals surface area contributed by atoms with Gasteiger partial charge >= 0.3 is 0 Å². The monoisotopic (exact) mass is 344 g/mol. The van der Waals surface area contributed by atoms with Crippen LogP contribution < -0.4 is 0 Å². The summed E-state index contributed by atoms with van der Waals surface area (Å²) >= 11 is 1.21. The Balaban J connectivity index is 0.000000816. The van der Waals surface area contributed by atoms with Crippen LogP contribution in [0.2, 0.25) is 0 Å². The Morgan fingerprint density at radius 2 is 2.26 bits per heavy atom. The third-order valence-electron chi connectivity index (χ3n) is 3.30. The van der Waals surface area contributed by atoms with Gasteiger partial charge in [-0.1, -0.05) is 17.8 Å². The van der Waals surface area contributed by atoms with E-state index in [-0.39, 0.29) is 18.4 Å². The number of nitrogens with zero attached hydrogens (tertiary/aromatic N) is 4. The zero-order valence-electron chi connectivity index (χ0n) is 13.8. The van der Waals surface area contributed by atoms with Crippen molar-refractivity contribution >= 4 is 23.9 Å². The lowest BCUT2D eigenvalue weighted by Crippen LogP contribution is -2.52. The number of carbonyl (C=O) groups excluding carboxylic acids is 1. The maximum absolute atomic E-state index is 12.7. The number of carbonyl (C=O) groups is 2. The van der Waals surface area contributed by atoms with E-state index >= 15 is 0 Å². The van der Waals surface area contributed by atoms with Crippen LogP contribution in [-0.2, 0) is 16.0 Å². The molecule has 0 radical (unpaired) electrons. The van der Waals surface area contributed by atoms with E-state index in [0.29, 0.717) is 24.6 Å². The number of amides is 1. The van der Waals surface area contributed by atoms with Gasteiger partial charge < -0.3 is 19.6 Å². The number of carboxylic acid groups (broad SMARTS) is 1. The summed E-state index contributed by atoms with van der Waals surface area (Å²) in [7, 11) is 4.02. The third kappa shape index (κ3) is 5.85. The van der Waals surface area contributed by atoms with Gasteiger partial charge in [-0.3, -0.25) is 9.59 Å². The minimum absolute atomic E-state index is 0.0543. The summed E-state index contributed by atoms with van der Waals surface area (Å²) in [6.07, 6.45) is 1.77. The van der Waals surface area contributed by atoms with Gasteiger partial charge in [0.05, 0.1) is 24.9 Å². The first-order chi connectivity index (χ1) is 11.0. The van der Waals surface area contributed by atoms with Crippen molar-refractivity contribution in [3.63, 3.8) is 0 Å². The fourth-order valence-electron chi connectivity index (χ4n) is 2.40. The zero-order chi connectivity index (χ0) is 17.2. The van der Waals surface area contributed by atoms with Gasteiger partial charge in [0.1, 0.15) is 4.88 Å². The first-order valence-electron chi connectivity index (χ1n) is 7.47. The van der Waals surface area contributed by atoms with Crippen molar-refractivity contribution in [3.05, 3.63) is 10.6 Å². The highest BCUT2D eigenvalue weighted by atomic mass is 32.1. The molecule has 2 heterocycles. The lowest BCUT2D eigenvalue weighted by atomic mass is 10.1. The molecule has 0 saturated carbocycles. The Morgan fingerprint density at radius 1 is 1.57 bits per heavy atom. The Hall–Kier alpha value is -1.58. The molecule has 1 saturated heterocycles. The molecule has 1 aliphatic rings. The molecule has 0 spiro atoms. The van der Waals surface area contributed by atoms with E-state index in [9.17, 15) is 4.79 Å². The van der Waals surface area contributed by atoms with Crippen molar-refractivity contribution in [1.29, 1.82) is 0 Å². The number of aryl methyl sites for hydroxylation is 1. The molecular formula is C14H24N4O4S. The van der Waals surface area contributed by atoms with Crippen LogP contribution in [0.5, 0.6) is 0 Å². The number of likely N-dealkylation sites (N-methyl/N-ethyl adjacent to an activating group) is 1. The number of ether oxygens (including phenoxy) is 1. The Labute approximate surface area is 140 Å². The molecule has 1 unspecified atom stereocenters. The average Bonchev–Trinajstić information content (AvgIpc) is 2.96. The lowest BCUT2D eigenvalue weighted by Gasteiger charge is -2.36. The first kappa shape index (κ1) is 19.5. The Kier molecular flexibility index (Phi) is 8.67. The highest BCUT2D eigenvalue weighted by Crippen LogP contribution is 2.19. The summed E-state index contributed by atoms with van der Waals surface area (Å²) in [6, 6.07) is 0.0998. The van der Waals surface area contributed by atoms with Gasteiger partial charge in [-0.25, -0.2) is 0 Å². The number of hydrogen-bond acceptors (Lipinski definition) is 7. The smallest absolute Gasteiger partial charge is 0.290 e. The van der Waals surface area contributed by atoms with Gasteiger partial charge in [0.25, 0.3) is 12.4 Å². The van der Waals surface area contributed by atoms with Crippen LogP contribution in [0.3, 0.4) is 0 Å². The summed E-state index contributed by atoms with van der Waals surface area (Å²) in [6.45, 7) is 4.48. The first-order valence-corrected chi connectivity index (χ1v) is 8.24. The number of hydrogen-bond donors (Lipinski definition) is 1. The van der Waals surface area contributed by atoms with Crippen molar-refractivity contribution in [2.24, 2.45) is 0 Å². The van der Waals surface area contributed by atoms with Crippen LogP contribution in [0.1, 0.15) is 28.7 Å². The van der Waals surface area contributed by atoms with Crippen molar-refractivity contribution < 1.29 is 19.4 Å². The molecule has 1 amide bonds. The Morgan fingerprint density at radius 3 is 2.87 bits per heavy atom. The molecule has 1 aromatic heterocycles. The van der Waals surface area contributed by atoms with Gasteiger partial charge in [0.15, 0.2) is 0 Å². The van der Waals surface area contributed by atoms with Crippen LogP contribution in [-0.4, -0.2) is 83.3 Å². The molecule has 9 heteroatoms. The predicted octanol–water partition coefficient (Wildman–Crippen LogP) is 0.594. The van der Waals surface area contributed by atoms with Crippen molar-refractivity contribution in [2.75, 3.05) is 40.4 Å². The van der Waals surface area contributed by atoms with Crippen molar-refractivity contribution in [2.45, 2.75) is 25.8 Å². The van der Waals surface area contributed by atoms with E-state index in [1.165, 1.54) is 11.5 Å². The number of rotatable bonds is 5. The molecule has 8 nitrogen and oxygen atoms in total. The summed E-state index contributed by atoms with van der Waals surface area (Å²) in [4.78, 5) is 25.8. The van der Waals surface area contributed by atoms with E-state index in [1.807, 2.05) is 19.0 Å². The molecule has 0 bridgehead atoms. The molecule has 1 aromatic rings. The predicted molar refractivity (Wildman–Crippen MR) is 86.8 cm³/mol. The summed E-state index contributed by atoms with van der Waals surface area (Å²) < 4.78 is 9.46. The SMILES string of the molecule is CCCc1nnsc1C(=O)N1CCOCC1CN(C)C.O=CO. The number of aromatic nitrogens is 2. The van der Waals surface area contributed by atoms with Crippen LogP contribution >= 0.6 is 11.5 Å². The minimum Gasteiger partial charge on any atom is -0.483 e. The standard InChI is InChI=1S/C13H22N4O2S.CH2O2/c1-4-5-11-12(20-15-14-11)13(18)17-6-7-19-9-10(17)8-16(2)3;2-1-3/h10H,4-9H2,1-3H3;1H,(H,2,3). The molecule has 130 valence electrons. The molecule has 23 heavy (non-hydrogen) atoms. The lowest BCUT2D eigenvalue weighted by molar-refractivity contribution is -0.122. The zero-order valence-corrected chi connectivity index (χ0v) is 14.6.